The molecule has 0 spiro atoms. The largest absolute Gasteiger partial charge is 0.466 e. The number of carbonyl (C=O) groups excluding carboxylic acids is 1. The standard InChI is InChI=1S/C15H18F2O2/c1-2-19-15(18)11-5-3-10(4-6-11)12-7-13(16)9-14(17)8-12/h7-11H,2-6H2,1H3. The molecular formula is C15H18F2O2. The first-order valence-electron chi connectivity index (χ1n) is 6.72. The van der Waals surface area contributed by atoms with E-state index >= 15 is 0 Å². The lowest BCUT2D eigenvalue weighted by molar-refractivity contribution is -0.149. The van der Waals surface area contributed by atoms with Crippen LogP contribution in [0, 0.1) is 17.6 Å². The summed E-state index contributed by atoms with van der Waals surface area (Å²) in [5.74, 6) is -1.15. The van der Waals surface area contributed by atoms with Gasteiger partial charge in [-0.05, 0) is 56.2 Å². The van der Waals surface area contributed by atoms with E-state index in [2.05, 4.69) is 0 Å². The molecule has 104 valence electrons. The monoisotopic (exact) mass is 268 g/mol. The van der Waals surface area contributed by atoms with E-state index in [4.69, 9.17) is 4.74 Å². The number of esters is 1. The molecule has 0 N–H and O–H groups in total. The maximum atomic E-state index is 13.2. The summed E-state index contributed by atoms with van der Waals surface area (Å²) in [6.07, 6.45) is 2.99. The molecule has 19 heavy (non-hydrogen) atoms. The van der Waals surface area contributed by atoms with E-state index in [1.165, 1.54) is 12.1 Å². The molecule has 0 radical (unpaired) electrons. The van der Waals surface area contributed by atoms with Crippen LogP contribution in [0.2, 0.25) is 0 Å². The molecule has 2 rings (SSSR count). The van der Waals surface area contributed by atoms with Gasteiger partial charge in [-0.25, -0.2) is 8.78 Å². The van der Waals surface area contributed by atoms with Crippen molar-refractivity contribution in [3.05, 3.63) is 35.4 Å². The predicted octanol–water partition coefficient (Wildman–Crippen LogP) is 3.80. The molecule has 0 saturated heterocycles. The molecule has 0 amide bonds. The number of carbonyl (C=O) groups is 1. The molecule has 0 atom stereocenters. The average Bonchev–Trinajstić information content (AvgIpc) is 2.38. The average molecular weight is 268 g/mol. The maximum Gasteiger partial charge on any atom is 0.308 e. The molecule has 0 unspecified atom stereocenters. The van der Waals surface area contributed by atoms with Crippen LogP contribution >= 0.6 is 0 Å². The first-order chi connectivity index (χ1) is 9.10. The predicted molar refractivity (Wildman–Crippen MR) is 67.7 cm³/mol. The minimum absolute atomic E-state index is 0.0605. The molecule has 0 aromatic heterocycles. The smallest absolute Gasteiger partial charge is 0.308 e. The van der Waals surface area contributed by atoms with Gasteiger partial charge in [0.1, 0.15) is 11.6 Å². The van der Waals surface area contributed by atoms with Crippen LogP contribution < -0.4 is 0 Å². The number of halogens is 2. The number of ether oxygens (including phenoxy) is 1. The van der Waals surface area contributed by atoms with Gasteiger partial charge in [0.15, 0.2) is 0 Å². The number of hydrogen-bond donors (Lipinski definition) is 0. The SMILES string of the molecule is CCOC(=O)C1CCC(c2cc(F)cc(F)c2)CC1. The summed E-state index contributed by atoms with van der Waals surface area (Å²) >= 11 is 0. The molecule has 0 heterocycles. The van der Waals surface area contributed by atoms with Gasteiger partial charge < -0.3 is 4.74 Å². The van der Waals surface area contributed by atoms with Crippen molar-refractivity contribution in [3.63, 3.8) is 0 Å². The third-order valence-electron chi connectivity index (χ3n) is 3.70. The Labute approximate surface area is 111 Å². The van der Waals surface area contributed by atoms with Gasteiger partial charge in [0, 0.05) is 6.07 Å². The van der Waals surface area contributed by atoms with Crippen LogP contribution in [0.25, 0.3) is 0 Å². The fourth-order valence-electron chi connectivity index (χ4n) is 2.73. The Kier molecular flexibility index (Phi) is 4.51. The van der Waals surface area contributed by atoms with E-state index in [-0.39, 0.29) is 17.8 Å². The van der Waals surface area contributed by atoms with Crippen LogP contribution in [0.4, 0.5) is 8.78 Å². The highest BCUT2D eigenvalue weighted by Crippen LogP contribution is 2.36. The van der Waals surface area contributed by atoms with Crippen molar-refractivity contribution in [3.8, 4) is 0 Å². The Hall–Kier alpha value is -1.45. The zero-order chi connectivity index (χ0) is 13.8. The summed E-state index contributed by atoms with van der Waals surface area (Å²) in [6.45, 7) is 2.19. The van der Waals surface area contributed by atoms with Gasteiger partial charge in [-0.2, -0.15) is 0 Å². The van der Waals surface area contributed by atoms with Crippen molar-refractivity contribution in [2.75, 3.05) is 6.61 Å². The highest BCUT2D eigenvalue weighted by Gasteiger charge is 2.28. The lowest BCUT2D eigenvalue weighted by atomic mass is 9.78. The van der Waals surface area contributed by atoms with E-state index in [0.29, 0.717) is 12.2 Å². The normalized spacial score (nSPS) is 23.1. The van der Waals surface area contributed by atoms with Gasteiger partial charge in [-0.1, -0.05) is 0 Å². The summed E-state index contributed by atoms with van der Waals surface area (Å²) < 4.78 is 31.3. The Morgan fingerprint density at radius 3 is 2.26 bits per heavy atom. The van der Waals surface area contributed by atoms with Crippen molar-refractivity contribution >= 4 is 5.97 Å². The van der Waals surface area contributed by atoms with E-state index in [1.807, 2.05) is 0 Å². The molecule has 0 bridgehead atoms. The van der Waals surface area contributed by atoms with Gasteiger partial charge in [-0.3, -0.25) is 4.79 Å². The van der Waals surface area contributed by atoms with Crippen LogP contribution in [0.3, 0.4) is 0 Å². The first-order valence-corrected chi connectivity index (χ1v) is 6.72. The molecule has 4 heteroatoms. The second kappa shape index (κ2) is 6.13. The molecule has 0 aliphatic heterocycles. The Bertz CT molecular complexity index is 431. The van der Waals surface area contributed by atoms with Gasteiger partial charge >= 0.3 is 5.97 Å². The fraction of sp³-hybridized carbons (Fsp3) is 0.533. The molecule has 1 aliphatic carbocycles. The minimum Gasteiger partial charge on any atom is -0.466 e. The van der Waals surface area contributed by atoms with Gasteiger partial charge in [0.05, 0.1) is 12.5 Å². The van der Waals surface area contributed by atoms with Gasteiger partial charge in [0.2, 0.25) is 0 Å². The first kappa shape index (κ1) is 14.0. The highest BCUT2D eigenvalue weighted by molar-refractivity contribution is 5.72. The summed E-state index contributed by atoms with van der Waals surface area (Å²) in [5.41, 5.74) is 0.694. The summed E-state index contributed by atoms with van der Waals surface area (Å²) in [7, 11) is 0. The third kappa shape index (κ3) is 3.52. The number of rotatable bonds is 3. The Morgan fingerprint density at radius 2 is 1.74 bits per heavy atom. The second-order valence-electron chi connectivity index (χ2n) is 5.00. The van der Waals surface area contributed by atoms with Crippen molar-refractivity contribution in [1.29, 1.82) is 0 Å². The van der Waals surface area contributed by atoms with Crippen LogP contribution in [0.1, 0.15) is 44.1 Å². The van der Waals surface area contributed by atoms with Crippen LogP contribution in [-0.4, -0.2) is 12.6 Å². The molecule has 1 fully saturated rings. The van der Waals surface area contributed by atoms with Crippen LogP contribution in [-0.2, 0) is 9.53 Å². The second-order valence-corrected chi connectivity index (χ2v) is 5.00. The van der Waals surface area contributed by atoms with Gasteiger partial charge in [-0.15, -0.1) is 0 Å². The van der Waals surface area contributed by atoms with Crippen LogP contribution in [0.5, 0.6) is 0 Å². The number of benzene rings is 1. The Morgan fingerprint density at radius 1 is 1.16 bits per heavy atom. The maximum absolute atomic E-state index is 13.2. The lowest BCUT2D eigenvalue weighted by Gasteiger charge is -2.27. The van der Waals surface area contributed by atoms with Crippen molar-refractivity contribution in [2.24, 2.45) is 5.92 Å². The van der Waals surface area contributed by atoms with E-state index in [0.717, 1.165) is 31.7 Å². The van der Waals surface area contributed by atoms with Crippen molar-refractivity contribution in [1.82, 2.24) is 0 Å². The van der Waals surface area contributed by atoms with E-state index < -0.39 is 11.6 Å². The van der Waals surface area contributed by atoms with Gasteiger partial charge in [0.25, 0.3) is 0 Å². The fourth-order valence-corrected chi connectivity index (χ4v) is 2.73. The van der Waals surface area contributed by atoms with Crippen molar-refractivity contribution < 1.29 is 18.3 Å². The summed E-state index contributed by atoms with van der Waals surface area (Å²) in [6, 6.07) is 3.66. The zero-order valence-corrected chi connectivity index (χ0v) is 11.0. The summed E-state index contributed by atoms with van der Waals surface area (Å²) in [4.78, 5) is 11.6. The molecule has 1 aliphatic rings. The Balaban J connectivity index is 1.97. The van der Waals surface area contributed by atoms with E-state index in [1.54, 1.807) is 6.92 Å². The topological polar surface area (TPSA) is 26.3 Å². The van der Waals surface area contributed by atoms with E-state index in [9.17, 15) is 13.6 Å². The third-order valence-corrected chi connectivity index (χ3v) is 3.70. The van der Waals surface area contributed by atoms with Crippen molar-refractivity contribution in [2.45, 2.75) is 38.5 Å². The molecular weight excluding hydrogens is 250 g/mol. The molecule has 1 aromatic carbocycles. The van der Waals surface area contributed by atoms with Crippen LogP contribution in [0.15, 0.2) is 18.2 Å². The highest BCUT2D eigenvalue weighted by atomic mass is 19.1. The molecule has 2 nitrogen and oxygen atoms in total. The molecule has 1 saturated carbocycles. The molecule has 1 aromatic rings. The summed E-state index contributed by atoms with van der Waals surface area (Å²) in [5, 5.41) is 0. The quantitative estimate of drug-likeness (QED) is 0.779. The lowest BCUT2D eigenvalue weighted by Crippen LogP contribution is -2.23. The zero-order valence-electron chi connectivity index (χ0n) is 11.0. The number of hydrogen-bond acceptors (Lipinski definition) is 2. The minimum atomic E-state index is -0.539.